The van der Waals surface area contributed by atoms with Gasteiger partial charge in [0, 0.05) is 37.6 Å². The normalized spacial score (nSPS) is 18.9. The molecule has 9 nitrogen and oxygen atoms in total. The number of nitriles is 1. The quantitative estimate of drug-likeness (QED) is 0.481. The van der Waals surface area contributed by atoms with Gasteiger partial charge < -0.3 is 5.32 Å². The lowest BCUT2D eigenvalue weighted by atomic mass is 9.87. The maximum Gasteiger partial charge on any atom is 0.252 e. The first-order chi connectivity index (χ1) is 19.2. The van der Waals surface area contributed by atoms with Gasteiger partial charge in [0.1, 0.15) is 23.7 Å². The fraction of sp³-hybridized carbons (Fsp3) is 0.286. The molecule has 40 heavy (non-hydrogen) atoms. The largest absolute Gasteiger partial charge is 0.351 e. The zero-order valence-electron chi connectivity index (χ0n) is 21.0. The highest BCUT2D eigenvalue weighted by Crippen LogP contribution is 2.39. The third-order valence-electron chi connectivity index (χ3n) is 6.88. The molecule has 2 atom stereocenters. The predicted octanol–water partition coefficient (Wildman–Crippen LogP) is 3.67. The minimum Gasteiger partial charge on any atom is -0.351 e. The van der Waals surface area contributed by atoms with Crippen LogP contribution in [0.15, 0.2) is 67.1 Å². The molecule has 1 saturated heterocycles. The third kappa shape index (κ3) is 5.36. The molecule has 1 aliphatic heterocycles. The average Bonchev–Trinajstić information content (AvgIpc) is 3.32. The lowest BCUT2D eigenvalue weighted by Crippen LogP contribution is -2.56. The summed E-state index contributed by atoms with van der Waals surface area (Å²) in [7, 11) is 0. The first-order valence-electron chi connectivity index (χ1n) is 12.5. The summed E-state index contributed by atoms with van der Waals surface area (Å²) >= 11 is 0. The summed E-state index contributed by atoms with van der Waals surface area (Å²) < 4.78 is 41.5. The second kappa shape index (κ2) is 10.8. The summed E-state index contributed by atoms with van der Waals surface area (Å²) in [5.74, 6) is -5.48. The molecule has 12 heteroatoms. The number of carbonyl (C=O) groups is 3. The molecule has 0 radical (unpaired) electrons. The van der Waals surface area contributed by atoms with Gasteiger partial charge in [0.05, 0.1) is 29.7 Å². The number of amides is 3. The Kier molecular flexibility index (Phi) is 7.21. The fourth-order valence-electron chi connectivity index (χ4n) is 5.02. The van der Waals surface area contributed by atoms with E-state index in [1.165, 1.54) is 24.5 Å². The van der Waals surface area contributed by atoms with Crippen LogP contribution in [0.5, 0.6) is 0 Å². The van der Waals surface area contributed by atoms with Crippen molar-refractivity contribution in [2.75, 3.05) is 9.80 Å². The van der Waals surface area contributed by atoms with E-state index in [0.29, 0.717) is 5.56 Å². The number of alkyl halides is 2. The molecule has 2 aliphatic rings. The summed E-state index contributed by atoms with van der Waals surface area (Å²) in [5, 5.41) is 11.9. The number of hydrogen-bond acceptors (Lipinski definition) is 6. The van der Waals surface area contributed by atoms with E-state index in [9.17, 15) is 32.8 Å². The average molecular weight is 549 g/mol. The van der Waals surface area contributed by atoms with Crippen LogP contribution in [-0.2, 0) is 14.4 Å². The Balaban J connectivity index is 1.58. The predicted molar refractivity (Wildman–Crippen MR) is 136 cm³/mol. The van der Waals surface area contributed by atoms with Gasteiger partial charge in [-0.05, 0) is 24.1 Å². The van der Waals surface area contributed by atoms with Gasteiger partial charge in [-0.15, -0.1) is 0 Å². The Morgan fingerprint density at radius 2 is 1.90 bits per heavy atom. The number of halogens is 3. The first-order valence-corrected chi connectivity index (χ1v) is 12.5. The van der Waals surface area contributed by atoms with Crippen molar-refractivity contribution in [2.45, 2.75) is 49.7 Å². The summed E-state index contributed by atoms with van der Waals surface area (Å²) in [4.78, 5) is 51.2. The number of nitrogens with zero attached hydrogens (tertiary/aromatic N) is 5. The fourth-order valence-corrected chi connectivity index (χ4v) is 5.02. The van der Waals surface area contributed by atoms with Gasteiger partial charge in [-0.25, -0.2) is 18.2 Å². The Bertz CT molecular complexity index is 1490. The number of carbonyl (C=O) groups excluding carboxylic acids is 3. The minimum atomic E-state index is -2.89. The summed E-state index contributed by atoms with van der Waals surface area (Å²) in [6.45, 7) is 0. The Morgan fingerprint density at radius 3 is 2.58 bits per heavy atom. The number of hydrogen-bond donors (Lipinski definition) is 1. The monoisotopic (exact) mass is 548 g/mol. The molecule has 1 saturated carbocycles. The molecular formula is C28H23F3N6O3. The number of pyridine rings is 2. The first kappa shape index (κ1) is 26.8. The molecule has 2 aromatic heterocycles. The lowest BCUT2D eigenvalue weighted by Gasteiger charge is -2.39. The molecule has 3 aromatic rings. The standard InChI is InChI=1S/C28H23F3N6O3/c29-19-11-21(16-33-15-19)36(25(18-4-2-1-3-5-18)26(39)35-20-12-28(30,31)13-20)27(40)22-6-7-24(38)37(22)23-10-17(14-32)8-9-34-23/h1-5,8-11,15-16,20,22,25H,6-7,12-13H2,(H,35,39)/t22?,25-/m0/s1. The molecule has 0 bridgehead atoms. The van der Waals surface area contributed by atoms with Crippen molar-refractivity contribution in [2.24, 2.45) is 0 Å². The molecule has 204 valence electrons. The SMILES string of the molecule is N#Cc1ccnc(N2C(=O)CCC2C(=O)N(c2cncc(F)c2)[C@H](C(=O)NC2CC(F)(F)C2)c2ccccc2)c1. The van der Waals surface area contributed by atoms with Crippen LogP contribution in [0, 0.1) is 17.1 Å². The van der Waals surface area contributed by atoms with Crippen molar-refractivity contribution in [1.82, 2.24) is 15.3 Å². The van der Waals surface area contributed by atoms with Crippen LogP contribution < -0.4 is 15.1 Å². The Labute approximate surface area is 227 Å². The smallest absolute Gasteiger partial charge is 0.252 e. The molecule has 1 aliphatic carbocycles. The molecular weight excluding hydrogens is 525 g/mol. The van der Waals surface area contributed by atoms with E-state index in [1.54, 1.807) is 30.3 Å². The number of benzene rings is 1. The van der Waals surface area contributed by atoms with E-state index in [1.807, 2.05) is 6.07 Å². The van der Waals surface area contributed by atoms with E-state index in [4.69, 9.17) is 0 Å². The molecule has 1 N–H and O–H groups in total. The molecule has 0 spiro atoms. The van der Waals surface area contributed by atoms with Gasteiger partial charge in [-0.1, -0.05) is 30.3 Å². The van der Waals surface area contributed by atoms with Crippen LogP contribution in [0.1, 0.15) is 42.9 Å². The van der Waals surface area contributed by atoms with Crippen molar-refractivity contribution in [3.63, 3.8) is 0 Å². The molecule has 1 unspecified atom stereocenters. The summed E-state index contributed by atoms with van der Waals surface area (Å²) in [6.07, 6.45) is 2.45. The van der Waals surface area contributed by atoms with Crippen molar-refractivity contribution in [3.05, 3.63) is 84.1 Å². The number of rotatable bonds is 7. The van der Waals surface area contributed by atoms with Crippen molar-refractivity contribution < 1.29 is 27.6 Å². The number of aromatic nitrogens is 2. The number of anilines is 2. The van der Waals surface area contributed by atoms with Gasteiger partial charge in [0.2, 0.25) is 11.8 Å². The van der Waals surface area contributed by atoms with Crippen LogP contribution in [0.3, 0.4) is 0 Å². The van der Waals surface area contributed by atoms with Crippen molar-refractivity contribution in [1.29, 1.82) is 5.26 Å². The van der Waals surface area contributed by atoms with Gasteiger partial charge >= 0.3 is 0 Å². The maximum atomic E-state index is 14.4. The second-order valence-electron chi connectivity index (χ2n) is 9.69. The van der Waals surface area contributed by atoms with Crippen LogP contribution in [0.4, 0.5) is 24.7 Å². The Morgan fingerprint density at radius 1 is 1.15 bits per heavy atom. The molecule has 5 rings (SSSR count). The zero-order chi connectivity index (χ0) is 28.4. The van der Waals surface area contributed by atoms with Gasteiger partial charge in [-0.2, -0.15) is 5.26 Å². The van der Waals surface area contributed by atoms with Crippen LogP contribution in [0.25, 0.3) is 0 Å². The molecule has 3 heterocycles. The molecule has 2 fully saturated rings. The molecule has 3 amide bonds. The topological polar surface area (TPSA) is 119 Å². The van der Waals surface area contributed by atoms with Gasteiger partial charge in [0.25, 0.3) is 11.8 Å². The minimum absolute atomic E-state index is 0.0105. The van der Waals surface area contributed by atoms with Crippen molar-refractivity contribution in [3.8, 4) is 6.07 Å². The highest BCUT2D eigenvalue weighted by Gasteiger charge is 2.48. The van der Waals surface area contributed by atoms with E-state index in [0.717, 1.165) is 22.1 Å². The van der Waals surface area contributed by atoms with Gasteiger partial charge in [-0.3, -0.25) is 29.2 Å². The van der Waals surface area contributed by atoms with E-state index >= 15 is 0 Å². The van der Waals surface area contributed by atoms with Gasteiger partial charge in [0.15, 0.2) is 0 Å². The van der Waals surface area contributed by atoms with E-state index < -0.39 is 60.4 Å². The molecule has 1 aromatic carbocycles. The van der Waals surface area contributed by atoms with E-state index in [2.05, 4.69) is 15.3 Å². The lowest BCUT2D eigenvalue weighted by molar-refractivity contribution is -0.133. The highest BCUT2D eigenvalue weighted by molar-refractivity contribution is 6.10. The van der Waals surface area contributed by atoms with Crippen LogP contribution in [-0.4, -0.2) is 45.7 Å². The summed E-state index contributed by atoms with van der Waals surface area (Å²) in [5.41, 5.74) is 0.496. The Hall–Kier alpha value is -4.79. The highest BCUT2D eigenvalue weighted by atomic mass is 19.3. The number of nitrogens with one attached hydrogen (secondary N) is 1. The van der Waals surface area contributed by atoms with Crippen LogP contribution >= 0.6 is 0 Å². The third-order valence-corrected chi connectivity index (χ3v) is 6.88. The zero-order valence-corrected chi connectivity index (χ0v) is 21.0. The second-order valence-corrected chi connectivity index (χ2v) is 9.69. The summed E-state index contributed by atoms with van der Waals surface area (Å²) in [6, 6.07) is 10.6. The van der Waals surface area contributed by atoms with Crippen LogP contribution in [0.2, 0.25) is 0 Å². The maximum absolute atomic E-state index is 14.4. The van der Waals surface area contributed by atoms with Crippen molar-refractivity contribution >= 4 is 29.2 Å². The van der Waals surface area contributed by atoms with E-state index in [-0.39, 0.29) is 29.9 Å².